The Morgan fingerprint density at radius 3 is 2.89 bits per heavy atom. The normalized spacial score (nSPS) is 14.1. The third-order valence-electron chi connectivity index (χ3n) is 2.78. The molecular weight excluding hydrogens is 244 g/mol. The Morgan fingerprint density at radius 1 is 1.53 bits per heavy atom. The highest BCUT2D eigenvalue weighted by Crippen LogP contribution is 2.08. The van der Waals surface area contributed by atoms with Crippen molar-refractivity contribution in [3.05, 3.63) is 36.4 Å². The van der Waals surface area contributed by atoms with Crippen molar-refractivity contribution in [3.63, 3.8) is 0 Å². The zero-order valence-corrected chi connectivity index (χ0v) is 11.0. The summed E-state index contributed by atoms with van der Waals surface area (Å²) in [7, 11) is 1.79. The first-order valence-electron chi connectivity index (χ1n) is 6.08. The fraction of sp³-hybridized carbons (Fsp3) is 0.417. The number of aromatic nitrogens is 4. The molecule has 0 aliphatic heterocycles. The average molecular weight is 262 g/mol. The Bertz CT molecular complexity index is 532. The minimum Gasteiger partial charge on any atom is -0.350 e. The van der Waals surface area contributed by atoms with Crippen molar-refractivity contribution in [1.29, 1.82) is 0 Å². The summed E-state index contributed by atoms with van der Waals surface area (Å²) in [6, 6.07) is 1.10. The first-order valence-corrected chi connectivity index (χ1v) is 6.08. The molecule has 2 aromatic rings. The van der Waals surface area contributed by atoms with E-state index < -0.39 is 6.04 Å². The molecule has 0 saturated carbocycles. The van der Waals surface area contributed by atoms with Crippen molar-refractivity contribution in [3.8, 4) is 0 Å². The smallest absolute Gasteiger partial charge is 0.241 e. The zero-order chi connectivity index (χ0) is 13.8. The van der Waals surface area contributed by atoms with E-state index in [1.54, 1.807) is 35.0 Å². The standard InChI is InChI=1S/C12H18N6O/c1-9(7-18-5-3-4-14-18)16-12(19)11(13)10-6-15-17(2)8-10/h3-6,8-9,11H,7,13H2,1-2H3,(H,16,19). The SMILES string of the molecule is CC(Cn1cccn1)NC(=O)C(N)c1cnn(C)c1. The van der Waals surface area contributed by atoms with Gasteiger partial charge >= 0.3 is 0 Å². The Balaban J connectivity index is 1.89. The highest BCUT2D eigenvalue weighted by molar-refractivity contribution is 5.82. The number of nitrogens with one attached hydrogen (secondary N) is 1. The van der Waals surface area contributed by atoms with Crippen LogP contribution < -0.4 is 11.1 Å². The van der Waals surface area contributed by atoms with E-state index in [9.17, 15) is 4.79 Å². The van der Waals surface area contributed by atoms with Crippen molar-refractivity contribution in [2.45, 2.75) is 25.6 Å². The number of aryl methyl sites for hydroxylation is 1. The molecule has 19 heavy (non-hydrogen) atoms. The van der Waals surface area contributed by atoms with E-state index in [4.69, 9.17) is 5.73 Å². The van der Waals surface area contributed by atoms with E-state index in [1.807, 2.05) is 19.2 Å². The van der Waals surface area contributed by atoms with E-state index in [2.05, 4.69) is 15.5 Å². The van der Waals surface area contributed by atoms with Crippen LogP contribution in [0.2, 0.25) is 0 Å². The molecule has 1 amide bonds. The van der Waals surface area contributed by atoms with Gasteiger partial charge in [0.2, 0.25) is 5.91 Å². The second-order valence-corrected chi connectivity index (χ2v) is 4.56. The van der Waals surface area contributed by atoms with Gasteiger partial charge in [-0.25, -0.2) is 0 Å². The van der Waals surface area contributed by atoms with E-state index in [0.29, 0.717) is 12.1 Å². The summed E-state index contributed by atoms with van der Waals surface area (Å²) in [4.78, 5) is 12.0. The van der Waals surface area contributed by atoms with E-state index in [0.717, 1.165) is 0 Å². The Labute approximate surface area is 111 Å². The number of nitrogens with zero attached hydrogens (tertiary/aromatic N) is 4. The highest BCUT2D eigenvalue weighted by Gasteiger charge is 2.19. The fourth-order valence-electron chi connectivity index (χ4n) is 1.82. The molecule has 7 nitrogen and oxygen atoms in total. The lowest BCUT2D eigenvalue weighted by molar-refractivity contribution is -0.123. The lowest BCUT2D eigenvalue weighted by Crippen LogP contribution is -2.41. The first kappa shape index (κ1) is 13.3. The molecule has 0 spiro atoms. The summed E-state index contributed by atoms with van der Waals surface area (Å²) in [5.41, 5.74) is 6.59. The molecular formula is C12H18N6O. The van der Waals surface area contributed by atoms with Crippen LogP contribution in [0.5, 0.6) is 0 Å². The van der Waals surface area contributed by atoms with Crippen LogP contribution in [0.4, 0.5) is 0 Å². The molecule has 7 heteroatoms. The number of nitrogens with two attached hydrogens (primary N) is 1. The van der Waals surface area contributed by atoms with Gasteiger partial charge in [0.05, 0.1) is 12.7 Å². The second kappa shape index (κ2) is 5.66. The van der Waals surface area contributed by atoms with Gasteiger partial charge < -0.3 is 11.1 Å². The zero-order valence-electron chi connectivity index (χ0n) is 11.0. The summed E-state index contributed by atoms with van der Waals surface area (Å²) in [6.45, 7) is 2.52. The van der Waals surface area contributed by atoms with Crippen molar-refractivity contribution in [1.82, 2.24) is 24.9 Å². The van der Waals surface area contributed by atoms with Crippen molar-refractivity contribution < 1.29 is 4.79 Å². The summed E-state index contributed by atoms with van der Waals surface area (Å²) in [6.07, 6.45) is 6.89. The number of amides is 1. The summed E-state index contributed by atoms with van der Waals surface area (Å²) in [5.74, 6) is -0.215. The first-order chi connectivity index (χ1) is 9.06. The van der Waals surface area contributed by atoms with Gasteiger partial charge in [0.15, 0.2) is 0 Å². The Hall–Kier alpha value is -2.15. The maximum Gasteiger partial charge on any atom is 0.241 e. The van der Waals surface area contributed by atoms with Gasteiger partial charge in [0, 0.05) is 37.2 Å². The maximum atomic E-state index is 12.0. The predicted octanol–water partition coefficient (Wildman–Crippen LogP) is -0.179. The van der Waals surface area contributed by atoms with E-state index in [-0.39, 0.29) is 11.9 Å². The summed E-state index contributed by atoms with van der Waals surface area (Å²) < 4.78 is 3.39. The van der Waals surface area contributed by atoms with Gasteiger partial charge in [-0.1, -0.05) is 0 Å². The van der Waals surface area contributed by atoms with Gasteiger partial charge in [0.1, 0.15) is 6.04 Å². The molecule has 2 unspecified atom stereocenters. The number of carbonyl (C=O) groups is 1. The number of hydrogen-bond acceptors (Lipinski definition) is 4. The fourth-order valence-corrected chi connectivity index (χ4v) is 1.82. The molecule has 3 N–H and O–H groups in total. The molecule has 0 aliphatic carbocycles. The maximum absolute atomic E-state index is 12.0. The van der Waals surface area contributed by atoms with Crippen LogP contribution in [0.15, 0.2) is 30.9 Å². The van der Waals surface area contributed by atoms with Gasteiger partial charge in [-0.2, -0.15) is 10.2 Å². The lowest BCUT2D eigenvalue weighted by Gasteiger charge is -2.16. The lowest BCUT2D eigenvalue weighted by atomic mass is 10.1. The number of hydrogen-bond donors (Lipinski definition) is 2. The van der Waals surface area contributed by atoms with Crippen LogP contribution in [0.1, 0.15) is 18.5 Å². The van der Waals surface area contributed by atoms with Crippen molar-refractivity contribution in [2.75, 3.05) is 0 Å². The average Bonchev–Trinajstić information content (AvgIpc) is 2.99. The molecule has 0 fully saturated rings. The summed E-state index contributed by atoms with van der Waals surface area (Å²) in [5, 5.41) is 11.0. The molecule has 0 aromatic carbocycles. The van der Waals surface area contributed by atoms with Crippen LogP contribution in [-0.4, -0.2) is 31.5 Å². The van der Waals surface area contributed by atoms with Crippen LogP contribution >= 0.6 is 0 Å². The van der Waals surface area contributed by atoms with Crippen LogP contribution in [0.25, 0.3) is 0 Å². The Kier molecular flexibility index (Phi) is 3.96. The quantitative estimate of drug-likeness (QED) is 0.782. The Morgan fingerprint density at radius 2 is 2.32 bits per heavy atom. The molecule has 2 atom stereocenters. The van der Waals surface area contributed by atoms with Crippen molar-refractivity contribution >= 4 is 5.91 Å². The van der Waals surface area contributed by atoms with E-state index >= 15 is 0 Å². The van der Waals surface area contributed by atoms with Crippen LogP contribution in [-0.2, 0) is 18.4 Å². The van der Waals surface area contributed by atoms with Crippen molar-refractivity contribution in [2.24, 2.45) is 12.8 Å². The van der Waals surface area contributed by atoms with Gasteiger partial charge in [-0.15, -0.1) is 0 Å². The predicted molar refractivity (Wildman–Crippen MR) is 70.0 cm³/mol. The second-order valence-electron chi connectivity index (χ2n) is 4.56. The highest BCUT2D eigenvalue weighted by atomic mass is 16.2. The molecule has 0 saturated heterocycles. The van der Waals surface area contributed by atoms with Crippen LogP contribution in [0, 0.1) is 0 Å². The van der Waals surface area contributed by atoms with Crippen LogP contribution in [0.3, 0.4) is 0 Å². The molecule has 2 aromatic heterocycles. The summed E-state index contributed by atoms with van der Waals surface area (Å²) >= 11 is 0. The molecule has 2 rings (SSSR count). The number of carbonyl (C=O) groups excluding carboxylic acids is 1. The molecule has 0 aliphatic rings. The largest absolute Gasteiger partial charge is 0.350 e. The number of rotatable bonds is 5. The topological polar surface area (TPSA) is 90.8 Å². The van der Waals surface area contributed by atoms with Gasteiger partial charge in [-0.05, 0) is 13.0 Å². The molecule has 102 valence electrons. The minimum atomic E-state index is -0.700. The molecule has 2 heterocycles. The third-order valence-corrected chi connectivity index (χ3v) is 2.78. The van der Waals surface area contributed by atoms with Gasteiger partial charge in [-0.3, -0.25) is 14.2 Å². The minimum absolute atomic E-state index is 0.0462. The monoisotopic (exact) mass is 262 g/mol. The molecule has 0 radical (unpaired) electrons. The molecule has 0 bridgehead atoms. The van der Waals surface area contributed by atoms with Gasteiger partial charge in [0.25, 0.3) is 0 Å². The van der Waals surface area contributed by atoms with E-state index in [1.165, 1.54) is 0 Å². The third kappa shape index (κ3) is 3.41.